The molecule has 1 aromatic rings. The highest BCUT2D eigenvalue weighted by Gasteiger charge is 2.29. The van der Waals surface area contributed by atoms with Crippen molar-refractivity contribution in [2.45, 2.75) is 19.3 Å². The van der Waals surface area contributed by atoms with Gasteiger partial charge < -0.3 is 13.7 Å². The van der Waals surface area contributed by atoms with Crippen LogP contribution in [0, 0.1) is 0 Å². The molecule has 1 aromatic carbocycles. The molecule has 0 N–H and O–H groups in total. The van der Waals surface area contributed by atoms with Gasteiger partial charge in [0.25, 0.3) is 0 Å². The summed E-state index contributed by atoms with van der Waals surface area (Å²) in [6.45, 7) is 8.98. The Bertz CT molecular complexity index is 880. The molecule has 140 valence electrons. The van der Waals surface area contributed by atoms with Gasteiger partial charge >= 0.3 is 16.1 Å². The summed E-state index contributed by atoms with van der Waals surface area (Å²) in [7, 11) is -2.35. The van der Waals surface area contributed by atoms with E-state index in [2.05, 4.69) is 13.2 Å². The molecule has 0 unspecified atom stereocenters. The number of methoxy groups -OCH3 is 1. The van der Waals surface area contributed by atoms with Gasteiger partial charge in [0.2, 0.25) is 0 Å². The molecule has 0 amide bonds. The first-order chi connectivity index (χ1) is 12.2. The molecular weight excluding hydrogens is 356 g/mol. The first-order valence-corrected chi connectivity index (χ1v) is 9.75. The van der Waals surface area contributed by atoms with E-state index >= 15 is 0 Å². The predicted molar refractivity (Wildman–Crippen MR) is 99.8 cm³/mol. The SMILES string of the molecule is C=CC1=CC[C@@H](COC(=O)C(=C)C)c2c1ccc(OC)c2OS(C)(=O)=O. The van der Waals surface area contributed by atoms with E-state index in [1.165, 1.54) is 7.11 Å². The lowest BCUT2D eigenvalue weighted by Gasteiger charge is -2.27. The normalized spacial score (nSPS) is 16.1. The van der Waals surface area contributed by atoms with Gasteiger partial charge in [0.05, 0.1) is 20.0 Å². The van der Waals surface area contributed by atoms with Gasteiger partial charge in [-0.3, -0.25) is 0 Å². The van der Waals surface area contributed by atoms with Crippen LogP contribution in [0.15, 0.2) is 43.0 Å². The van der Waals surface area contributed by atoms with Gasteiger partial charge in [-0.25, -0.2) is 4.79 Å². The van der Waals surface area contributed by atoms with Crippen molar-refractivity contribution in [3.05, 3.63) is 54.1 Å². The number of rotatable bonds is 7. The number of carbonyl (C=O) groups excluding carboxylic acids is 1. The zero-order chi connectivity index (χ0) is 19.5. The van der Waals surface area contributed by atoms with Crippen LogP contribution >= 0.6 is 0 Å². The van der Waals surface area contributed by atoms with Crippen LogP contribution in [-0.4, -0.2) is 34.4 Å². The van der Waals surface area contributed by atoms with Crippen molar-refractivity contribution in [3.8, 4) is 11.5 Å². The molecule has 0 saturated carbocycles. The molecular formula is C19H22O6S. The number of carbonyl (C=O) groups is 1. The fourth-order valence-corrected chi connectivity index (χ4v) is 3.25. The Balaban J connectivity index is 2.56. The summed E-state index contributed by atoms with van der Waals surface area (Å²) in [4.78, 5) is 11.7. The Morgan fingerprint density at radius 3 is 2.62 bits per heavy atom. The molecule has 0 spiro atoms. The molecule has 0 heterocycles. The second kappa shape index (κ2) is 7.78. The van der Waals surface area contributed by atoms with Crippen LogP contribution in [0.4, 0.5) is 0 Å². The third kappa shape index (κ3) is 4.35. The number of esters is 1. The van der Waals surface area contributed by atoms with Gasteiger partial charge in [-0.2, -0.15) is 8.42 Å². The monoisotopic (exact) mass is 378 g/mol. The molecule has 1 atom stereocenters. The lowest BCUT2D eigenvalue weighted by molar-refractivity contribution is -0.139. The Morgan fingerprint density at radius 1 is 1.38 bits per heavy atom. The molecule has 6 nitrogen and oxygen atoms in total. The smallest absolute Gasteiger partial charge is 0.333 e. The van der Waals surface area contributed by atoms with Crippen molar-refractivity contribution in [1.29, 1.82) is 0 Å². The molecule has 1 aliphatic carbocycles. The number of allylic oxidation sites excluding steroid dienone is 3. The first kappa shape index (κ1) is 19.8. The topological polar surface area (TPSA) is 78.9 Å². The van der Waals surface area contributed by atoms with E-state index < -0.39 is 16.1 Å². The van der Waals surface area contributed by atoms with E-state index in [4.69, 9.17) is 13.7 Å². The van der Waals surface area contributed by atoms with Crippen molar-refractivity contribution in [2.75, 3.05) is 20.0 Å². The Hall–Kier alpha value is -2.54. The molecule has 0 radical (unpaired) electrons. The lowest BCUT2D eigenvalue weighted by Crippen LogP contribution is -2.19. The molecule has 0 saturated heterocycles. The van der Waals surface area contributed by atoms with E-state index in [1.54, 1.807) is 19.1 Å². The van der Waals surface area contributed by atoms with Gasteiger partial charge in [-0.15, -0.1) is 0 Å². The second-order valence-electron chi connectivity index (χ2n) is 6.02. The average Bonchev–Trinajstić information content (AvgIpc) is 2.57. The van der Waals surface area contributed by atoms with Gasteiger partial charge in [0.1, 0.15) is 0 Å². The Kier molecular flexibility index (Phi) is 5.92. The van der Waals surface area contributed by atoms with Crippen LogP contribution in [0.3, 0.4) is 0 Å². The van der Waals surface area contributed by atoms with Gasteiger partial charge in [0.15, 0.2) is 11.5 Å². The summed E-state index contributed by atoms with van der Waals surface area (Å²) in [5.41, 5.74) is 2.52. The molecule has 0 fully saturated rings. The van der Waals surface area contributed by atoms with Crippen LogP contribution in [-0.2, 0) is 19.6 Å². The van der Waals surface area contributed by atoms with Crippen molar-refractivity contribution >= 4 is 21.7 Å². The van der Waals surface area contributed by atoms with Crippen LogP contribution in [0.25, 0.3) is 5.57 Å². The molecule has 0 bridgehead atoms. The summed E-state index contributed by atoms with van der Waals surface area (Å²) >= 11 is 0. The van der Waals surface area contributed by atoms with Crippen LogP contribution < -0.4 is 8.92 Å². The first-order valence-electron chi connectivity index (χ1n) is 7.93. The van der Waals surface area contributed by atoms with E-state index in [0.29, 0.717) is 17.6 Å². The number of fused-ring (bicyclic) bond motifs is 1. The summed E-state index contributed by atoms with van der Waals surface area (Å²) < 4.78 is 39.3. The quantitative estimate of drug-likeness (QED) is 0.412. The minimum absolute atomic E-state index is 0.0624. The second-order valence-corrected chi connectivity index (χ2v) is 7.60. The van der Waals surface area contributed by atoms with Crippen molar-refractivity contribution in [2.24, 2.45) is 0 Å². The summed E-state index contributed by atoms with van der Waals surface area (Å²) in [6.07, 6.45) is 5.15. The highest BCUT2D eigenvalue weighted by Crippen LogP contribution is 2.45. The molecule has 0 aromatic heterocycles. The van der Waals surface area contributed by atoms with Crippen LogP contribution in [0.2, 0.25) is 0 Å². The minimum atomic E-state index is -3.78. The van der Waals surface area contributed by atoms with Crippen molar-refractivity contribution < 1.29 is 26.9 Å². The van der Waals surface area contributed by atoms with Crippen LogP contribution in [0.1, 0.15) is 30.4 Å². The number of ether oxygens (including phenoxy) is 2. The van der Waals surface area contributed by atoms with Crippen molar-refractivity contribution in [3.63, 3.8) is 0 Å². The van der Waals surface area contributed by atoms with E-state index in [-0.39, 0.29) is 24.0 Å². The summed E-state index contributed by atoms with van der Waals surface area (Å²) in [6, 6.07) is 3.45. The number of hydrogen-bond donors (Lipinski definition) is 0. The lowest BCUT2D eigenvalue weighted by atomic mass is 9.82. The molecule has 1 aliphatic rings. The largest absolute Gasteiger partial charge is 0.493 e. The third-order valence-corrected chi connectivity index (χ3v) is 4.41. The Labute approximate surface area is 153 Å². The summed E-state index contributed by atoms with van der Waals surface area (Å²) in [5, 5.41) is 0. The number of hydrogen-bond acceptors (Lipinski definition) is 6. The highest BCUT2D eigenvalue weighted by molar-refractivity contribution is 7.86. The summed E-state index contributed by atoms with van der Waals surface area (Å²) in [5.74, 6) is -0.394. The van der Waals surface area contributed by atoms with Gasteiger partial charge in [-0.05, 0) is 30.5 Å². The van der Waals surface area contributed by atoms with Crippen molar-refractivity contribution in [1.82, 2.24) is 0 Å². The van der Waals surface area contributed by atoms with Crippen LogP contribution in [0.5, 0.6) is 11.5 Å². The van der Waals surface area contributed by atoms with E-state index in [1.807, 2.05) is 12.1 Å². The zero-order valence-corrected chi connectivity index (χ0v) is 15.9. The highest BCUT2D eigenvalue weighted by atomic mass is 32.2. The van der Waals surface area contributed by atoms with E-state index in [9.17, 15) is 13.2 Å². The molecule has 2 rings (SSSR count). The molecule has 0 aliphatic heterocycles. The fourth-order valence-electron chi connectivity index (χ4n) is 2.78. The van der Waals surface area contributed by atoms with Gasteiger partial charge in [-0.1, -0.05) is 31.4 Å². The molecule has 26 heavy (non-hydrogen) atoms. The zero-order valence-electron chi connectivity index (χ0n) is 15.1. The standard InChI is InChI=1S/C19H22O6S/c1-6-13-7-8-14(11-24-19(20)12(2)3)17-15(13)9-10-16(23-4)18(17)25-26(5,21)22/h6-7,9-10,14H,1-2,8,11H2,3-5H3/t14-/m0/s1. The number of benzene rings is 1. The maximum atomic E-state index is 11.8. The maximum absolute atomic E-state index is 11.8. The average molecular weight is 378 g/mol. The fraction of sp³-hybridized carbons (Fsp3) is 0.316. The Morgan fingerprint density at radius 2 is 2.08 bits per heavy atom. The van der Waals surface area contributed by atoms with Gasteiger partial charge in [0, 0.05) is 17.1 Å². The maximum Gasteiger partial charge on any atom is 0.333 e. The predicted octanol–water partition coefficient (Wildman–Crippen LogP) is 3.21. The third-order valence-electron chi connectivity index (χ3n) is 3.94. The molecule has 7 heteroatoms. The van der Waals surface area contributed by atoms with E-state index in [0.717, 1.165) is 17.4 Å². The minimum Gasteiger partial charge on any atom is -0.493 e.